The Bertz CT molecular complexity index is 827. The molecule has 30 heavy (non-hydrogen) atoms. The van der Waals surface area contributed by atoms with Crippen LogP contribution in [-0.4, -0.2) is 35.9 Å². The first-order valence-corrected chi connectivity index (χ1v) is 10.9. The molecule has 0 saturated heterocycles. The molecule has 2 aromatic rings. The highest BCUT2D eigenvalue weighted by molar-refractivity contribution is 6.30. The molecule has 0 fully saturated rings. The summed E-state index contributed by atoms with van der Waals surface area (Å²) in [6.07, 6.45) is 1.65. The summed E-state index contributed by atoms with van der Waals surface area (Å²) in [6.45, 7) is 5.03. The first-order valence-electron chi connectivity index (χ1n) is 10.1. The molecule has 2 rings (SSSR count). The van der Waals surface area contributed by atoms with Gasteiger partial charge in [0.25, 0.3) is 0 Å². The highest BCUT2D eigenvalue weighted by Crippen LogP contribution is 2.17. The van der Waals surface area contributed by atoms with Crippen molar-refractivity contribution in [1.82, 2.24) is 10.2 Å². The lowest BCUT2D eigenvalue weighted by Gasteiger charge is -2.29. The summed E-state index contributed by atoms with van der Waals surface area (Å²) in [7, 11) is 0. The van der Waals surface area contributed by atoms with Gasteiger partial charge in [-0.1, -0.05) is 42.3 Å². The van der Waals surface area contributed by atoms with E-state index >= 15 is 0 Å². The Labute approximate surface area is 188 Å². The van der Waals surface area contributed by atoms with Gasteiger partial charge in [-0.05, 0) is 61.7 Å². The van der Waals surface area contributed by atoms with Crippen LogP contribution in [-0.2, 0) is 16.1 Å². The van der Waals surface area contributed by atoms with Crippen molar-refractivity contribution in [1.29, 1.82) is 0 Å². The van der Waals surface area contributed by atoms with Crippen LogP contribution in [0.25, 0.3) is 0 Å². The third kappa shape index (κ3) is 7.88. The van der Waals surface area contributed by atoms with Crippen molar-refractivity contribution in [3.63, 3.8) is 0 Å². The molecule has 0 heterocycles. The fraction of sp³-hybridized carbons (Fsp3) is 0.391. The minimum absolute atomic E-state index is 0.103. The lowest BCUT2D eigenvalue weighted by Crippen LogP contribution is -2.47. The number of carbonyl (C=O) groups excluding carboxylic acids is 2. The van der Waals surface area contributed by atoms with E-state index in [1.54, 1.807) is 42.2 Å². The van der Waals surface area contributed by atoms with Crippen molar-refractivity contribution in [3.05, 3.63) is 64.1 Å². The Morgan fingerprint density at radius 3 is 2.50 bits per heavy atom. The second-order valence-electron chi connectivity index (χ2n) is 7.02. The Balaban J connectivity index is 1.97. The van der Waals surface area contributed by atoms with E-state index in [1.807, 2.05) is 25.1 Å². The second kappa shape index (κ2) is 12.5. The molecule has 7 heteroatoms. The van der Waals surface area contributed by atoms with Gasteiger partial charge in [0.1, 0.15) is 11.8 Å². The number of nitrogens with zero attached hydrogens (tertiary/aromatic N) is 1. The van der Waals surface area contributed by atoms with Gasteiger partial charge in [-0.25, -0.2) is 0 Å². The van der Waals surface area contributed by atoms with Crippen molar-refractivity contribution in [2.75, 3.05) is 13.2 Å². The summed E-state index contributed by atoms with van der Waals surface area (Å²) < 4.78 is 5.66. The smallest absolute Gasteiger partial charge is 0.242 e. The summed E-state index contributed by atoms with van der Waals surface area (Å²) in [5.74, 6) is 0.438. The summed E-state index contributed by atoms with van der Waals surface area (Å²) in [5.41, 5.74) is 0.878. The fourth-order valence-corrected chi connectivity index (χ4v) is 3.24. The Morgan fingerprint density at radius 1 is 1.10 bits per heavy atom. The Kier molecular flexibility index (Phi) is 9.98. The van der Waals surface area contributed by atoms with E-state index in [0.29, 0.717) is 41.9 Å². The number of carbonyl (C=O) groups is 2. The van der Waals surface area contributed by atoms with Crippen LogP contribution in [0.2, 0.25) is 10.0 Å². The summed E-state index contributed by atoms with van der Waals surface area (Å²) >= 11 is 11.9. The molecular weight excluding hydrogens is 423 g/mol. The fourth-order valence-electron chi connectivity index (χ4n) is 2.90. The van der Waals surface area contributed by atoms with Crippen molar-refractivity contribution in [3.8, 4) is 5.75 Å². The topological polar surface area (TPSA) is 58.6 Å². The van der Waals surface area contributed by atoms with Crippen molar-refractivity contribution in [2.45, 2.75) is 45.7 Å². The van der Waals surface area contributed by atoms with Gasteiger partial charge in [-0.3, -0.25) is 9.59 Å². The molecule has 0 radical (unpaired) electrons. The maximum Gasteiger partial charge on any atom is 0.242 e. The number of nitrogens with one attached hydrogen (secondary N) is 1. The van der Waals surface area contributed by atoms with Gasteiger partial charge in [0.15, 0.2) is 0 Å². The number of benzene rings is 2. The number of amides is 2. The number of rotatable bonds is 11. The van der Waals surface area contributed by atoms with Crippen molar-refractivity contribution < 1.29 is 14.3 Å². The highest BCUT2D eigenvalue weighted by Gasteiger charge is 2.25. The molecule has 0 saturated carbocycles. The first-order chi connectivity index (χ1) is 14.4. The molecule has 0 aromatic heterocycles. The molecule has 2 amide bonds. The maximum absolute atomic E-state index is 12.9. The molecule has 1 N–H and O–H groups in total. The van der Waals surface area contributed by atoms with Gasteiger partial charge in [0.05, 0.1) is 6.61 Å². The Morgan fingerprint density at radius 2 is 1.83 bits per heavy atom. The molecule has 162 valence electrons. The first kappa shape index (κ1) is 24.0. The zero-order valence-corrected chi connectivity index (χ0v) is 18.9. The number of hydrogen-bond donors (Lipinski definition) is 1. The second-order valence-corrected chi connectivity index (χ2v) is 7.90. The minimum atomic E-state index is -0.583. The normalized spacial score (nSPS) is 11.6. The summed E-state index contributed by atoms with van der Waals surface area (Å²) in [5, 5.41) is 4.10. The molecule has 0 aliphatic rings. The van der Waals surface area contributed by atoms with Crippen molar-refractivity contribution in [2.24, 2.45) is 0 Å². The molecule has 0 aliphatic heterocycles. The van der Waals surface area contributed by atoms with Crippen LogP contribution in [0.15, 0.2) is 48.5 Å². The minimum Gasteiger partial charge on any atom is -0.494 e. The molecular formula is C23H28Cl2N2O3. The monoisotopic (exact) mass is 450 g/mol. The van der Waals surface area contributed by atoms with Gasteiger partial charge in [-0.2, -0.15) is 0 Å². The lowest BCUT2D eigenvalue weighted by molar-refractivity contribution is -0.140. The number of halogens is 2. The van der Waals surface area contributed by atoms with Gasteiger partial charge in [0, 0.05) is 29.6 Å². The van der Waals surface area contributed by atoms with Crippen LogP contribution in [0.4, 0.5) is 0 Å². The molecule has 5 nitrogen and oxygen atoms in total. The molecule has 0 spiro atoms. The zero-order valence-electron chi connectivity index (χ0n) is 17.4. The molecule has 2 aromatic carbocycles. The average molecular weight is 451 g/mol. The van der Waals surface area contributed by atoms with Gasteiger partial charge >= 0.3 is 0 Å². The van der Waals surface area contributed by atoms with E-state index in [1.165, 1.54) is 0 Å². The van der Waals surface area contributed by atoms with Crippen LogP contribution in [0.1, 0.15) is 38.7 Å². The predicted octanol–water partition coefficient (Wildman–Crippen LogP) is 5.10. The van der Waals surface area contributed by atoms with Gasteiger partial charge in [-0.15, -0.1) is 0 Å². The van der Waals surface area contributed by atoms with E-state index in [2.05, 4.69) is 5.32 Å². The highest BCUT2D eigenvalue weighted by atomic mass is 35.5. The zero-order chi connectivity index (χ0) is 21.9. The SMILES string of the molecule is CCCNC(=O)[C@H](C)N(Cc1cccc(Cl)c1)C(=O)CCCOc1ccc(Cl)cc1. The standard InChI is InChI=1S/C23H28Cl2N2O3/c1-3-13-26-23(29)17(2)27(16-18-6-4-7-20(25)15-18)22(28)8-5-14-30-21-11-9-19(24)10-12-21/h4,6-7,9-12,15,17H,3,5,8,13-14,16H2,1-2H3,(H,26,29)/t17-/m0/s1. The third-order valence-corrected chi connectivity index (χ3v) is 5.06. The van der Waals surface area contributed by atoms with Crippen LogP contribution in [0, 0.1) is 0 Å². The molecule has 1 atom stereocenters. The Hall–Kier alpha value is -2.24. The van der Waals surface area contributed by atoms with Gasteiger partial charge in [0.2, 0.25) is 11.8 Å². The van der Waals surface area contributed by atoms with Crippen molar-refractivity contribution >= 4 is 35.0 Å². The van der Waals surface area contributed by atoms with Gasteiger partial charge < -0.3 is 15.0 Å². The largest absolute Gasteiger partial charge is 0.494 e. The van der Waals surface area contributed by atoms with E-state index in [4.69, 9.17) is 27.9 Å². The summed E-state index contributed by atoms with van der Waals surface area (Å²) in [4.78, 5) is 27.0. The van der Waals surface area contributed by atoms with Crippen LogP contribution >= 0.6 is 23.2 Å². The quantitative estimate of drug-likeness (QED) is 0.484. The van der Waals surface area contributed by atoms with Crippen LogP contribution in [0.5, 0.6) is 5.75 Å². The molecule has 0 aliphatic carbocycles. The third-order valence-electron chi connectivity index (χ3n) is 4.58. The predicted molar refractivity (Wildman–Crippen MR) is 121 cm³/mol. The number of ether oxygens (including phenoxy) is 1. The summed E-state index contributed by atoms with van der Waals surface area (Å²) in [6, 6.07) is 13.8. The maximum atomic E-state index is 12.9. The average Bonchev–Trinajstić information content (AvgIpc) is 2.74. The number of hydrogen-bond acceptors (Lipinski definition) is 3. The molecule has 0 bridgehead atoms. The lowest BCUT2D eigenvalue weighted by atomic mass is 10.1. The van der Waals surface area contributed by atoms with Crippen LogP contribution < -0.4 is 10.1 Å². The van der Waals surface area contributed by atoms with E-state index in [-0.39, 0.29) is 18.2 Å². The molecule has 0 unspecified atom stereocenters. The van der Waals surface area contributed by atoms with E-state index in [0.717, 1.165) is 12.0 Å². The van der Waals surface area contributed by atoms with Crippen LogP contribution in [0.3, 0.4) is 0 Å². The van der Waals surface area contributed by atoms with E-state index in [9.17, 15) is 9.59 Å². The van der Waals surface area contributed by atoms with E-state index < -0.39 is 6.04 Å².